The van der Waals surface area contributed by atoms with E-state index >= 15 is 0 Å². The van der Waals surface area contributed by atoms with Crippen molar-refractivity contribution in [2.75, 3.05) is 0 Å². The topological polar surface area (TPSA) is 63.1 Å². The molecule has 2 rings (SSSR count). The van der Waals surface area contributed by atoms with Crippen molar-refractivity contribution < 1.29 is 9.90 Å². The van der Waals surface area contributed by atoms with Crippen LogP contribution in [0.5, 0.6) is 0 Å². The van der Waals surface area contributed by atoms with Gasteiger partial charge in [0.05, 0.1) is 17.1 Å². The van der Waals surface area contributed by atoms with Crippen LogP contribution in [0.1, 0.15) is 33.1 Å². The molecule has 1 heterocycles. The van der Waals surface area contributed by atoms with Gasteiger partial charge in [-0.1, -0.05) is 17.7 Å². The van der Waals surface area contributed by atoms with Crippen LogP contribution in [0, 0.1) is 20.8 Å². The van der Waals surface area contributed by atoms with Crippen molar-refractivity contribution in [1.82, 2.24) is 9.97 Å². The molecule has 0 aliphatic heterocycles. The first-order chi connectivity index (χ1) is 9.47. The van der Waals surface area contributed by atoms with Gasteiger partial charge in [-0.15, -0.1) is 11.8 Å². The summed E-state index contributed by atoms with van der Waals surface area (Å²) in [4.78, 5) is 20.8. The molecule has 0 amide bonds. The first kappa shape index (κ1) is 14.5. The lowest BCUT2D eigenvalue weighted by Crippen LogP contribution is -2.09. The molecule has 0 bridgehead atoms. The number of aromatic carboxylic acids is 1. The zero-order chi connectivity index (χ0) is 14.7. The van der Waals surface area contributed by atoms with Crippen molar-refractivity contribution in [1.29, 1.82) is 0 Å². The summed E-state index contributed by atoms with van der Waals surface area (Å²) < 4.78 is 0. The molecule has 0 saturated carbocycles. The predicted molar refractivity (Wildman–Crippen MR) is 79.2 cm³/mol. The highest BCUT2D eigenvalue weighted by atomic mass is 32.2. The smallest absolute Gasteiger partial charge is 0.339 e. The fourth-order valence-electron chi connectivity index (χ4n) is 2.01. The number of carboxylic acid groups (broad SMARTS) is 1. The number of carboxylic acids is 1. The molecule has 2 aromatic rings. The van der Waals surface area contributed by atoms with Crippen LogP contribution in [0.2, 0.25) is 0 Å². The Morgan fingerprint density at radius 3 is 2.40 bits per heavy atom. The molecule has 0 aliphatic carbocycles. The number of thioether (sulfide) groups is 1. The van der Waals surface area contributed by atoms with E-state index in [-0.39, 0.29) is 5.56 Å². The summed E-state index contributed by atoms with van der Waals surface area (Å²) in [5, 5.41) is 9.09. The fraction of sp³-hybridized carbons (Fsp3) is 0.267. The highest BCUT2D eigenvalue weighted by Crippen LogP contribution is 2.23. The van der Waals surface area contributed by atoms with Gasteiger partial charge in [0, 0.05) is 4.90 Å². The highest BCUT2D eigenvalue weighted by Gasteiger charge is 2.14. The van der Waals surface area contributed by atoms with Crippen molar-refractivity contribution in [2.45, 2.75) is 31.4 Å². The molecule has 104 valence electrons. The summed E-state index contributed by atoms with van der Waals surface area (Å²) in [6.07, 6.45) is 0. The van der Waals surface area contributed by atoms with Gasteiger partial charge < -0.3 is 5.11 Å². The molecule has 4 nitrogen and oxygen atoms in total. The Labute approximate surface area is 122 Å². The number of benzene rings is 1. The van der Waals surface area contributed by atoms with Crippen LogP contribution >= 0.6 is 11.8 Å². The van der Waals surface area contributed by atoms with Crippen molar-refractivity contribution in [2.24, 2.45) is 0 Å². The Kier molecular flexibility index (Phi) is 4.39. The van der Waals surface area contributed by atoms with Crippen molar-refractivity contribution >= 4 is 17.7 Å². The third-order valence-corrected chi connectivity index (χ3v) is 3.88. The van der Waals surface area contributed by atoms with Crippen LogP contribution in [-0.4, -0.2) is 21.0 Å². The molecule has 1 aromatic carbocycles. The second-order valence-corrected chi connectivity index (χ2v) is 5.64. The Morgan fingerprint density at radius 1 is 1.20 bits per heavy atom. The third kappa shape index (κ3) is 3.36. The van der Waals surface area contributed by atoms with Crippen LogP contribution in [0.15, 0.2) is 29.2 Å². The predicted octanol–water partition coefficient (Wildman–Crippen LogP) is 3.39. The molecule has 0 atom stereocenters. The van der Waals surface area contributed by atoms with E-state index in [2.05, 4.69) is 29.0 Å². The number of carbonyl (C=O) groups is 1. The first-order valence-corrected chi connectivity index (χ1v) is 7.23. The third-order valence-electron chi connectivity index (χ3n) is 2.89. The van der Waals surface area contributed by atoms with Crippen LogP contribution < -0.4 is 0 Å². The summed E-state index contributed by atoms with van der Waals surface area (Å²) in [5.41, 5.74) is 2.45. The molecular weight excluding hydrogens is 272 g/mol. The second kappa shape index (κ2) is 6.05. The first-order valence-electron chi connectivity index (χ1n) is 6.24. The van der Waals surface area contributed by atoms with E-state index < -0.39 is 5.97 Å². The second-order valence-electron chi connectivity index (χ2n) is 4.60. The average molecular weight is 288 g/mol. The molecule has 0 radical (unpaired) electrons. The number of hydrogen-bond donors (Lipinski definition) is 1. The van der Waals surface area contributed by atoms with Crippen LogP contribution in [0.25, 0.3) is 0 Å². The van der Waals surface area contributed by atoms with E-state index in [1.54, 1.807) is 25.6 Å². The van der Waals surface area contributed by atoms with Gasteiger partial charge in [-0.25, -0.2) is 14.8 Å². The van der Waals surface area contributed by atoms with E-state index in [1.807, 2.05) is 12.1 Å². The molecule has 0 aliphatic rings. The van der Waals surface area contributed by atoms with Gasteiger partial charge in [0.2, 0.25) is 0 Å². The SMILES string of the molecule is Cc1cccc(SCc2nc(C)c(C(=O)O)c(C)n2)c1. The maximum absolute atomic E-state index is 11.1. The van der Waals surface area contributed by atoms with Crippen LogP contribution in [-0.2, 0) is 5.75 Å². The van der Waals surface area contributed by atoms with E-state index in [1.165, 1.54) is 5.56 Å². The lowest BCUT2D eigenvalue weighted by Gasteiger charge is -2.07. The fourth-order valence-corrected chi connectivity index (χ4v) is 2.88. The van der Waals surface area contributed by atoms with Gasteiger partial charge in [0.25, 0.3) is 0 Å². The molecule has 0 fully saturated rings. The summed E-state index contributed by atoms with van der Waals surface area (Å²) in [5.74, 6) is 0.319. The van der Waals surface area contributed by atoms with Gasteiger partial charge in [0.15, 0.2) is 0 Å². The number of nitrogens with zero attached hydrogens (tertiary/aromatic N) is 2. The Balaban J connectivity index is 2.17. The Bertz CT molecular complexity index is 633. The summed E-state index contributed by atoms with van der Waals surface area (Å²) in [6.45, 7) is 5.47. The minimum Gasteiger partial charge on any atom is -0.478 e. The molecule has 1 N–H and O–H groups in total. The normalized spacial score (nSPS) is 10.6. The molecule has 0 saturated heterocycles. The summed E-state index contributed by atoms with van der Waals surface area (Å²) in [6, 6.07) is 8.22. The van der Waals surface area contributed by atoms with Crippen molar-refractivity contribution in [3.05, 3.63) is 52.6 Å². The number of aromatic nitrogens is 2. The van der Waals surface area contributed by atoms with Gasteiger partial charge >= 0.3 is 5.97 Å². The monoisotopic (exact) mass is 288 g/mol. The van der Waals surface area contributed by atoms with E-state index in [0.29, 0.717) is 23.0 Å². The molecular formula is C15H16N2O2S. The largest absolute Gasteiger partial charge is 0.478 e. The quantitative estimate of drug-likeness (QED) is 0.874. The zero-order valence-electron chi connectivity index (χ0n) is 11.7. The maximum atomic E-state index is 11.1. The average Bonchev–Trinajstić information content (AvgIpc) is 2.35. The van der Waals surface area contributed by atoms with Crippen LogP contribution in [0.3, 0.4) is 0 Å². The molecule has 5 heteroatoms. The highest BCUT2D eigenvalue weighted by molar-refractivity contribution is 7.98. The lowest BCUT2D eigenvalue weighted by molar-refractivity contribution is 0.0694. The minimum absolute atomic E-state index is 0.203. The summed E-state index contributed by atoms with van der Waals surface area (Å²) in [7, 11) is 0. The van der Waals surface area contributed by atoms with Gasteiger partial charge in [-0.2, -0.15) is 0 Å². The molecule has 20 heavy (non-hydrogen) atoms. The zero-order valence-corrected chi connectivity index (χ0v) is 12.5. The standard InChI is InChI=1S/C15H16N2O2S/c1-9-5-4-6-12(7-9)20-8-13-16-10(2)14(15(18)19)11(3)17-13/h4-7H,8H2,1-3H3,(H,18,19). The maximum Gasteiger partial charge on any atom is 0.339 e. The van der Waals surface area contributed by atoms with Crippen molar-refractivity contribution in [3.8, 4) is 0 Å². The molecule has 1 aromatic heterocycles. The number of aryl methyl sites for hydroxylation is 3. The van der Waals surface area contributed by atoms with Gasteiger partial charge in [-0.05, 0) is 32.9 Å². The summed E-state index contributed by atoms with van der Waals surface area (Å²) >= 11 is 1.65. The Morgan fingerprint density at radius 2 is 1.85 bits per heavy atom. The minimum atomic E-state index is -0.974. The molecule has 0 spiro atoms. The number of hydrogen-bond acceptors (Lipinski definition) is 4. The van der Waals surface area contributed by atoms with E-state index in [4.69, 9.17) is 5.11 Å². The van der Waals surface area contributed by atoms with Gasteiger partial charge in [0.1, 0.15) is 11.4 Å². The van der Waals surface area contributed by atoms with E-state index in [0.717, 1.165) is 4.90 Å². The Hall–Kier alpha value is -1.88. The van der Waals surface area contributed by atoms with E-state index in [9.17, 15) is 4.79 Å². The lowest BCUT2D eigenvalue weighted by atomic mass is 10.2. The molecule has 0 unspecified atom stereocenters. The van der Waals surface area contributed by atoms with Crippen LogP contribution in [0.4, 0.5) is 0 Å². The van der Waals surface area contributed by atoms with Gasteiger partial charge in [-0.3, -0.25) is 0 Å². The number of rotatable bonds is 4. The van der Waals surface area contributed by atoms with Crippen molar-refractivity contribution in [3.63, 3.8) is 0 Å².